The van der Waals surface area contributed by atoms with Crippen molar-refractivity contribution in [3.63, 3.8) is 0 Å². The maximum Gasteiger partial charge on any atom is 0.0181 e. The summed E-state index contributed by atoms with van der Waals surface area (Å²) in [4.78, 5) is 0. The molecule has 0 bridgehead atoms. The Bertz CT molecular complexity index is 754. The normalized spacial score (nSPS) is 19.0. The SMILES string of the molecule is CCC1C=C(CN)c2ccc3c(c2C1)CCc1ccccc1-3. The van der Waals surface area contributed by atoms with E-state index in [0.29, 0.717) is 12.5 Å². The molecule has 0 aliphatic heterocycles. The number of benzene rings is 2. The molecule has 1 nitrogen and oxygen atoms in total. The van der Waals surface area contributed by atoms with Crippen LogP contribution in [0.15, 0.2) is 42.5 Å². The highest BCUT2D eigenvalue weighted by atomic mass is 14.5. The average molecular weight is 289 g/mol. The van der Waals surface area contributed by atoms with Crippen molar-refractivity contribution in [2.45, 2.75) is 32.6 Å². The minimum atomic E-state index is 0.648. The van der Waals surface area contributed by atoms with Gasteiger partial charge in [0.05, 0.1) is 0 Å². The lowest BCUT2D eigenvalue weighted by atomic mass is 9.75. The van der Waals surface area contributed by atoms with E-state index in [1.807, 2.05) is 0 Å². The summed E-state index contributed by atoms with van der Waals surface area (Å²) in [5.41, 5.74) is 16.3. The molecule has 112 valence electrons. The van der Waals surface area contributed by atoms with Gasteiger partial charge in [-0.2, -0.15) is 0 Å². The van der Waals surface area contributed by atoms with Gasteiger partial charge in [0.25, 0.3) is 0 Å². The summed E-state index contributed by atoms with van der Waals surface area (Å²) in [5, 5.41) is 0. The lowest BCUT2D eigenvalue weighted by Gasteiger charge is -2.29. The van der Waals surface area contributed by atoms with Crippen molar-refractivity contribution >= 4 is 5.57 Å². The van der Waals surface area contributed by atoms with E-state index in [2.05, 4.69) is 49.4 Å². The first-order chi connectivity index (χ1) is 10.8. The van der Waals surface area contributed by atoms with Gasteiger partial charge in [0.2, 0.25) is 0 Å². The predicted molar refractivity (Wildman–Crippen MR) is 93.8 cm³/mol. The molecule has 2 aromatic rings. The second kappa shape index (κ2) is 5.40. The molecule has 0 spiro atoms. The van der Waals surface area contributed by atoms with Gasteiger partial charge in [-0.3, -0.25) is 0 Å². The van der Waals surface area contributed by atoms with E-state index in [1.165, 1.54) is 47.1 Å². The molecule has 0 radical (unpaired) electrons. The van der Waals surface area contributed by atoms with Gasteiger partial charge in [-0.1, -0.05) is 49.4 Å². The minimum absolute atomic E-state index is 0.648. The van der Waals surface area contributed by atoms with Crippen LogP contribution in [-0.4, -0.2) is 6.54 Å². The number of allylic oxidation sites excluding steroid dienone is 1. The molecular formula is C21H23N. The fourth-order valence-electron chi connectivity index (χ4n) is 4.16. The zero-order valence-electron chi connectivity index (χ0n) is 13.2. The lowest BCUT2D eigenvalue weighted by molar-refractivity contribution is 0.612. The van der Waals surface area contributed by atoms with Gasteiger partial charge < -0.3 is 5.73 Å². The fourth-order valence-corrected chi connectivity index (χ4v) is 4.16. The smallest absolute Gasteiger partial charge is 0.0181 e. The molecule has 22 heavy (non-hydrogen) atoms. The molecule has 0 fully saturated rings. The summed E-state index contributed by atoms with van der Waals surface area (Å²) in [7, 11) is 0. The average Bonchev–Trinajstić information content (AvgIpc) is 2.60. The van der Waals surface area contributed by atoms with E-state index in [1.54, 1.807) is 11.1 Å². The first-order valence-corrected chi connectivity index (χ1v) is 8.46. The Balaban J connectivity index is 1.91. The van der Waals surface area contributed by atoms with Gasteiger partial charge in [0.1, 0.15) is 0 Å². The molecule has 0 saturated heterocycles. The molecule has 2 N–H and O–H groups in total. The number of nitrogens with two attached hydrogens (primary N) is 1. The molecular weight excluding hydrogens is 266 g/mol. The fraction of sp³-hybridized carbons (Fsp3) is 0.333. The van der Waals surface area contributed by atoms with Crippen molar-refractivity contribution in [3.8, 4) is 11.1 Å². The van der Waals surface area contributed by atoms with E-state index in [9.17, 15) is 0 Å². The zero-order chi connectivity index (χ0) is 15.1. The zero-order valence-corrected chi connectivity index (χ0v) is 13.2. The molecule has 0 saturated carbocycles. The summed E-state index contributed by atoms with van der Waals surface area (Å²) in [5.74, 6) is 0.648. The molecule has 4 rings (SSSR count). The maximum absolute atomic E-state index is 6.02. The van der Waals surface area contributed by atoms with Crippen LogP contribution in [-0.2, 0) is 19.3 Å². The van der Waals surface area contributed by atoms with E-state index in [4.69, 9.17) is 5.73 Å². The van der Waals surface area contributed by atoms with Gasteiger partial charge in [0.15, 0.2) is 0 Å². The molecule has 1 unspecified atom stereocenters. The Morgan fingerprint density at radius 3 is 2.59 bits per heavy atom. The van der Waals surface area contributed by atoms with Crippen LogP contribution in [0.2, 0.25) is 0 Å². The van der Waals surface area contributed by atoms with Gasteiger partial charge in [0, 0.05) is 6.54 Å². The number of hydrogen-bond donors (Lipinski definition) is 1. The third-order valence-corrected chi connectivity index (χ3v) is 5.38. The Morgan fingerprint density at radius 1 is 0.955 bits per heavy atom. The van der Waals surface area contributed by atoms with Crippen molar-refractivity contribution in [3.05, 3.63) is 64.7 Å². The highest BCUT2D eigenvalue weighted by Gasteiger charge is 2.25. The van der Waals surface area contributed by atoms with Gasteiger partial charge in [-0.05, 0) is 70.6 Å². The summed E-state index contributed by atoms with van der Waals surface area (Å²) >= 11 is 0. The summed E-state index contributed by atoms with van der Waals surface area (Å²) in [6.07, 6.45) is 7.12. The van der Waals surface area contributed by atoms with Gasteiger partial charge in [-0.15, -0.1) is 0 Å². The predicted octanol–water partition coefficient (Wildman–Crippen LogP) is 4.38. The van der Waals surface area contributed by atoms with Crippen molar-refractivity contribution < 1.29 is 0 Å². The van der Waals surface area contributed by atoms with Crippen molar-refractivity contribution in [1.29, 1.82) is 0 Å². The second-order valence-corrected chi connectivity index (χ2v) is 6.54. The summed E-state index contributed by atoms with van der Waals surface area (Å²) < 4.78 is 0. The Hall–Kier alpha value is -1.86. The molecule has 1 atom stereocenters. The summed E-state index contributed by atoms with van der Waals surface area (Å²) in [6.45, 7) is 2.93. The molecule has 2 aliphatic rings. The Kier molecular flexibility index (Phi) is 3.38. The maximum atomic E-state index is 6.02. The number of fused-ring (bicyclic) bond motifs is 5. The highest BCUT2D eigenvalue weighted by Crippen LogP contribution is 2.41. The quantitative estimate of drug-likeness (QED) is 0.872. The minimum Gasteiger partial charge on any atom is -0.326 e. The van der Waals surface area contributed by atoms with Crippen LogP contribution in [0.3, 0.4) is 0 Å². The molecule has 0 amide bonds. The summed E-state index contributed by atoms with van der Waals surface area (Å²) in [6, 6.07) is 13.5. The Morgan fingerprint density at radius 2 is 1.77 bits per heavy atom. The van der Waals surface area contributed by atoms with E-state index in [0.717, 1.165) is 6.42 Å². The van der Waals surface area contributed by atoms with Crippen LogP contribution in [0.4, 0.5) is 0 Å². The highest BCUT2D eigenvalue weighted by molar-refractivity contribution is 5.80. The topological polar surface area (TPSA) is 26.0 Å². The standard InChI is InChI=1S/C21H23N/c1-2-14-11-16(13-22)18-9-10-19-17-6-4-3-5-15(17)7-8-20(19)21(18)12-14/h3-6,9-11,14H,2,7-8,12-13,22H2,1H3. The molecule has 0 aromatic heterocycles. The monoisotopic (exact) mass is 289 g/mol. The third-order valence-electron chi connectivity index (χ3n) is 5.38. The van der Waals surface area contributed by atoms with Crippen LogP contribution < -0.4 is 5.73 Å². The van der Waals surface area contributed by atoms with E-state index >= 15 is 0 Å². The number of hydrogen-bond acceptors (Lipinski definition) is 1. The third kappa shape index (κ3) is 2.04. The molecule has 2 aromatic carbocycles. The Labute approximate surface area is 132 Å². The second-order valence-electron chi connectivity index (χ2n) is 6.54. The first-order valence-electron chi connectivity index (χ1n) is 8.46. The number of rotatable bonds is 2. The van der Waals surface area contributed by atoms with Crippen molar-refractivity contribution in [1.82, 2.24) is 0 Å². The lowest BCUT2D eigenvalue weighted by Crippen LogP contribution is -2.18. The molecule has 0 heterocycles. The van der Waals surface area contributed by atoms with Crippen molar-refractivity contribution in [2.24, 2.45) is 11.7 Å². The largest absolute Gasteiger partial charge is 0.326 e. The van der Waals surface area contributed by atoms with Gasteiger partial charge >= 0.3 is 0 Å². The van der Waals surface area contributed by atoms with Crippen LogP contribution >= 0.6 is 0 Å². The van der Waals surface area contributed by atoms with Crippen LogP contribution in [0.25, 0.3) is 16.7 Å². The van der Waals surface area contributed by atoms with E-state index < -0.39 is 0 Å². The molecule has 2 aliphatic carbocycles. The van der Waals surface area contributed by atoms with Crippen LogP contribution in [0.5, 0.6) is 0 Å². The first kappa shape index (κ1) is 13.8. The van der Waals surface area contributed by atoms with Gasteiger partial charge in [-0.25, -0.2) is 0 Å². The van der Waals surface area contributed by atoms with Crippen molar-refractivity contribution in [2.75, 3.05) is 6.54 Å². The van der Waals surface area contributed by atoms with E-state index in [-0.39, 0.29) is 0 Å². The number of aryl methyl sites for hydroxylation is 1. The molecule has 1 heteroatoms. The van der Waals surface area contributed by atoms with Crippen LogP contribution in [0.1, 0.15) is 35.6 Å². The van der Waals surface area contributed by atoms with Crippen LogP contribution in [0, 0.1) is 5.92 Å².